The number of hydrogen-bond donors (Lipinski definition) is 1. The van der Waals surface area contributed by atoms with Crippen LogP contribution in [0.4, 0.5) is 51.2 Å². The van der Waals surface area contributed by atoms with E-state index in [1.807, 2.05) is 72.9 Å². The second kappa shape index (κ2) is 28.2. The van der Waals surface area contributed by atoms with Gasteiger partial charge in [-0.05, 0) is 248 Å². The van der Waals surface area contributed by atoms with E-state index in [-0.39, 0.29) is 203 Å². The van der Waals surface area contributed by atoms with E-state index in [1.165, 1.54) is 58.3 Å². The molecule has 0 radical (unpaired) electrons. The Hall–Kier alpha value is -15.8. The van der Waals surface area contributed by atoms with Gasteiger partial charge in [0, 0.05) is 5.69 Å². The summed E-state index contributed by atoms with van der Waals surface area (Å²) in [5.41, 5.74) is 11.1. The predicted molar refractivity (Wildman–Crippen MR) is 478 cm³/mol. The number of nitrogens with zero attached hydrogens (tertiary/aromatic N) is 8. The first-order valence-electron chi connectivity index (χ1n) is 46.5. The lowest BCUT2D eigenvalue weighted by molar-refractivity contribution is -0.124. The maximum absolute atomic E-state index is 14.7. The van der Waals surface area contributed by atoms with E-state index in [0.29, 0.717) is 60.3 Å². The van der Waals surface area contributed by atoms with Crippen LogP contribution in [0.5, 0.6) is 0 Å². The zero-order chi connectivity index (χ0) is 93.6. The van der Waals surface area contributed by atoms with Crippen LogP contribution >= 0.6 is 0 Å². The van der Waals surface area contributed by atoms with Crippen LogP contribution in [-0.4, -0.2) is 118 Å². The van der Waals surface area contributed by atoms with Crippen molar-refractivity contribution in [3.05, 3.63) is 267 Å². The van der Waals surface area contributed by atoms with Crippen LogP contribution in [0.3, 0.4) is 0 Å². The normalized spacial score (nSPS) is 33.4. The van der Waals surface area contributed by atoms with Crippen molar-refractivity contribution in [3.8, 4) is 0 Å². The van der Waals surface area contributed by atoms with Crippen LogP contribution in [0.15, 0.2) is 200 Å². The summed E-state index contributed by atoms with van der Waals surface area (Å²) < 4.78 is 9.09. The number of esters is 4. The largest absolute Gasteiger partial charge is 0.399 e. The SMILES string of the molecule is Nc1cc(N2C(=O)C3C4C=CC(C4)C3C2=O)cc(N2C(=O)C3C4C=CC(C4)C3C2=O)c1.O=C1OC(=O)c2cc(Cc3ccc4c(c3)C(=O)OC4=O)ccc21.O=C1c2ccc(Cc3ccc4c(c3)C(=O)N(c3cc(N5C(=O)C6C7C=CC(C7)C6C5=O)cc(N5C(=O)C6C7C=CC(C7)C6C5=O)c3)C4=O)cc2C(=O)N1c1cc(N2C(=O)C3C4C=CC(C4)C3C2=O)cc(N2C(=O)C3C4C=CC(C4)C3C2=O)c1. The van der Waals surface area contributed by atoms with Gasteiger partial charge in [0.1, 0.15) is 0 Å². The van der Waals surface area contributed by atoms with Gasteiger partial charge in [0.15, 0.2) is 0 Å². The maximum Gasteiger partial charge on any atom is 0.346 e. The van der Waals surface area contributed by atoms with E-state index in [0.717, 1.165) is 53.4 Å². The van der Waals surface area contributed by atoms with Gasteiger partial charge in [-0.15, -0.1) is 0 Å². The number of rotatable bonds is 12. The summed E-state index contributed by atoms with van der Waals surface area (Å²) in [4.78, 5) is 280. The number of fused-ring (bicyclic) bond motifs is 34. The first-order chi connectivity index (χ1) is 66.1. The highest BCUT2D eigenvalue weighted by molar-refractivity contribution is 6.37. The van der Waals surface area contributed by atoms with E-state index in [4.69, 9.17) is 5.73 Å². The highest BCUT2D eigenvalue weighted by atomic mass is 16.6. The number of carbonyl (C=O) groups is 20. The molecule has 676 valence electrons. The molecule has 12 bridgehead atoms. The molecule has 10 heterocycles. The van der Waals surface area contributed by atoms with Crippen LogP contribution in [0.25, 0.3) is 0 Å². The monoisotopic (exact) mass is 1830 g/mol. The Morgan fingerprint density at radius 1 is 0.197 bits per heavy atom. The predicted octanol–water partition coefficient (Wildman–Crippen LogP) is 9.91. The minimum absolute atomic E-state index is 0.0368. The number of hydrogen-bond acceptors (Lipinski definition) is 23. The molecule has 137 heavy (non-hydrogen) atoms. The summed E-state index contributed by atoms with van der Waals surface area (Å²) in [5.74, 6) is -16.0. The fraction of sp³-hybridized carbons (Fsp3) is 0.302. The van der Waals surface area contributed by atoms with E-state index in [2.05, 4.69) is 9.47 Å². The molecule has 22 aliphatic rings. The first kappa shape index (κ1) is 80.8. The van der Waals surface area contributed by atoms with Crippen molar-refractivity contribution in [3.63, 3.8) is 0 Å². The number of amides is 16. The molecular weight excluding hydrogens is 1750 g/mol. The Kier molecular flexibility index (Phi) is 16.6. The van der Waals surface area contributed by atoms with E-state index in [1.54, 1.807) is 78.9 Å². The zero-order valence-corrected chi connectivity index (χ0v) is 72.2. The smallest absolute Gasteiger partial charge is 0.346 e. The number of allylic oxidation sites excluding steroid dienone is 12. The van der Waals surface area contributed by atoms with Gasteiger partial charge in [0.25, 0.3) is 23.6 Å². The zero-order valence-electron chi connectivity index (χ0n) is 72.2. The molecule has 31 heteroatoms. The number of cyclic esters (lactones) is 4. The van der Waals surface area contributed by atoms with Crippen molar-refractivity contribution in [2.45, 2.75) is 51.4 Å². The fourth-order valence-electron chi connectivity index (χ4n) is 28.0. The Morgan fingerprint density at radius 2 is 0.365 bits per heavy atom. The molecule has 10 aliphatic heterocycles. The van der Waals surface area contributed by atoms with Crippen molar-refractivity contribution >= 4 is 170 Å². The topological polar surface area (TPSA) is 412 Å². The van der Waals surface area contributed by atoms with Crippen LogP contribution in [0, 0.1) is 142 Å². The van der Waals surface area contributed by atoms with Crippen LogP contribution in [0.2, 0.25) is 0 Å². The molecule has 29 rings (SSSR count). The third-order valence-corrected chi connectivity index (χ3v) is 33.7. The minimum atomic E-state index is -0.729. The first-order valence-corrected chi connectivity index (χ1v) is 46.5. The highest BCUT2D eigenvalue weighted by Gasteiger charge is 2.67. The quantitative estimate of drug-likeness (QED) is 0.0390. The van der Waals surface area contributed by atoms with E-state index in [9.17, 15) is 95.9 Å². The third kappa shape index (κ3) is 11.0. The summed E-state index contributed by atoms with van der Waals surface area (Å²) in [5, 5.41) is 0. The molecule has 6 saturated heterocycles. The van der Waals surface area contributed by atoms with Crippen LogP contribution in [-0.2, 0) is 79.8 Å². The van der Waals surface area contributed by atoms with Gasteiger partial charge in [-0.25, -0.2) is 58.4 Å². The van der Waals surface area contributed by atoms with Crippen molar-refractivity contribution in [2.24, 2.45) is 142 Å². The number of carbonyl (C=O) groups excluding carboxylic acids is 20. The minimum Gasteiger partial charge on any atom is -0.399 e. The summed E-state index contributed by atoms with van der Waals surface area (Å²) in [6.07, 6.45) is 29.0. The molecule has 2 N–H and O–H groups in total. The summed E-state index contributed by atoms with van der Waals surface area (Å²) in [6, 6.07) is 32.5. The van der Waals surface area contributed by atoms with Crippen LogP contribution in [0.1, 0.15) is 144 Å². The van der Waals surface area contributed by atoms with Crippen molar-refractivity contribution in [2.75, 3.05) is 44.9 Å². The van der Waals surface area contributed by atoms with Gasteiger partial charge >= 0.3 is 23.9 Å². The maximum atomic E-state index is 14.7. The Labute approximate surface area is 776 Å². The van der Waals surface area contributed by atoms with Crippen molar-refractivity contribution in [1.82, 2.24) is 0 Å². The third-order valence-electron chi connectivity index (χ3n) is 33.7. The Bertz CT molecular complexity index is 6640. The molecule has 7 aromatic carbocycles. The lowest BCUT2D eigenvalue weighted by Crippen LogP contribution is -2.36. The lowest BCUT2D eigenvalue weighted by Gasteiger charge is -2.25. The standard InChI is InChI=1S/C65H46N6O12.C24H21N3O4.C17H8O6/c72-54-42-11-1-26(14-44(42)56(74)66(54)36-20-38(68-58(76)46-28-3-4-29(16-28)47(46)59(68)77)24-39(21-36)69-60(78)48-30-5-6-31(17-30)49(48)61(69)79)13-27-2-12-43-45(15-27)57(75)67(55(43)73)37-22-40(70-62(80)50-32-7-8-33(18-32)51(50)63(70)81)25-41(23-37)71-64(82)52-34-9-10-35(19-34)53(52)65(71)83;25-14-7-15(26-21(28)17-10-1-2-11(5-10)18(17)22(26)29)9-16(8-14)27-23(30)19-12-3-4-13(6-12)20(19)24(27)31;18-14-10-3-1-8(6-12(10)16(20)22-14)5-9-2-4-11-13(7-9)17(21)23-15(11)19/h1-12,14-15,20-25,28-35,46-53H,13,16-19H2;1-4,7-13,17-20H,5-6,25H2;1-4,6-7H,5H2. The molecule has 12 fully saturated rings. The summed E-state index contributed by atoms with van der Waals surface area (Å²) in [7, 11) is 0. The van der Waals surface area contributed by atoms with Gasteiger partial charge < -0.3 is 15.2 Å². The lowest BCUT2D eigenvalue weighted by atomic mass is 9.85. The number of imide groups is 8. The number of anilines is 9. The molecule has 0 aromatic heterocycles. The second-order valence-corrected chi connectivity index (χ2v) is 40.4. The molecule has 24 unspecified atom stereocenters. The average Bonchev–Trinajstić information content (AvgIpc) is 1.54. The molecule has 0 spiro atoms. The number of ether oxygens (including phenoxy) is 2. The molecular formula is C106H75N9O22. The van der Waals surface area contributed by atoms with Crippen LogP contribution < -0.4 is 44.9 Å². The van der Waals surface area contributed by atoms with E-state index < -0.39 is 142 Å². The molecule has 7 aromatic rings. The van der Waals surface area contributed by atoms with Gasteiger partial charge in [0.05, 0.1) is 161 Å². The van der Waals surface area contributed by atoms with Gasteiger partial charge in [-0.1, -0.05) is 97.2 Å². The molecule has 16 amide bonds. The van der Waals surface area contributed by atoms with Gasteiger partial charge in [-0.2, -0.15) is 0 Å². The van der Waals surface area contributed by atoms with Gasteiger partial charge in [0.2, 0.25) is 70.9 Å². The van der Waals surface area contributed by atoms with Crippen molar-refractivity contribution < 1.29 is 105 Å². The molecule has 31 nitrogen and oxygen atoms in total. The Balaban J connectivity index is 0.000000141. The summed E-state index contributed by atoms with van der Waals surface area (Å²) in [6.45, 7) is 0. The molecule has 12 aliphatic carbocycles. The van der Waals surface area contributed by atoms with E-state index >= 15 is 0 Å². The summed E-state index contributed by atoms with van der Waals surface area (Å²) >= 11 is 0. The second-order valence-electron chi connectivity index (χ2n) is 40.4. The number of benzene rings is 7. The average molecular weight is 1830 g/mol. The number of nitrogens with two attached hydrogens (primary N) is 1. The molecule has 6 saturated carbocycles. The fourth-order valence-corrected chi connectivity index (χ4v) is 28.0. The molecule has 24 atom stereocenters. The number of nitrogen functional groups attached to an aromatic ring is 1. The Morgan fingerprint density at radius 3 is 0.577 bits per heavy atom. The van der Waals surface area contributed by atoms with Gasteiger partial charge in [-0.3, -0.25) is 76.7 Å². The highest BCUT2D eigenvalue weighted by Crippen LogP contribution is 2.62. The van der Waals surface area contributed by atoms with Crippen molar-refractivity contribution in [1.29, 1.82) is 0 Å².